The molecular formula is C16H24N4O3S. The summed E-state index contributed by atoms with van der Waals surface area (Å²) in [5, 5.41) is 3.32. The van der Waals surface area contributed by atoms with Crippen LogP contribution in [0.15, 0.2) is 12.4 Å². The van der Waals surface area contributed by atoms with Crippen molar-refractivity contribution in [2.45, 2.75) is 43.6 Å². The molecule has 0 amide bonds. The zero-order valence-corrected chi connectivity index (χ0v) is 14.7. The molecule has 2 atom stereocenters. The van der Waals surface area contributed by atoms with Gasteiger partial charge in [-0.1, -0.05) is 0 Å². The molecule has 1 aromatic rings. The number of rotatable bonds is 7. The van der Waals surface area contributed by atoms with Crippen LogP contribution in [0.5, 0.6) is 0 Å². The van der Waals surface area contributed by atoms with E-state index >= 15 is 0 Å². The molecular weight excluding hydrogens is 328 g/mol. The Kier molecular flexibility index (Phi) is 4.22. The Morgan fingerprint density at radius 3 is 2.71 bits per heavy atom. The summed E-state index contributed by atoms with van der Waals surface area (Å²) in [4.78, 5) is 8.46. The molecule has 4 rings (SSSR count). The van der Waals surface area contributed by atoms with Crippen LogP contribution in [0, 0.1) is 11.8 Å². The van der Waals surface area contributed by atoms with Crippen LogP contribution < -0.4 is 5.32 Å². The van der Waals surface area contributed by atoms with Crippen molar-refractivity contribution in [3.8, 4) is 0 Å². The maximum Gasteiger partial charge on any atom is 0.217 e. The summed E-state index contributed by atoms with van der Waals surface area (Å²) < 4.78 is 32.0. The number of nitrogens with zero attached hydrogens (tertiary/aromatic N) is 3. The average molecular weight is 352 g/mol. The lowest BCUT2D eigenvalue weighted by molar-refractivity contribution is 0.181. The molecule has 3 aliphatic rings. The lowest BCUT2D eigenvalue weighted by Gasteiger charge is -2.20. The third kappa shape index (κ3) is 3.27. The predicted molar refractivity (Wildman–Crippen MR) is 89.9 cm³/mol. The molecule has 7 nitrogen and oxygen atoms in total. The highest BCUT2D eigenvalue weighted by Gasteiger charge is 2.49. The Morgan fingerprint density at radius 1 is 1.25 bits per heavy atom. The minimum absolute atomic E-state index is 0.122. The van der Waals surface area contributed by atoms with Crippen molar-refractivity contribution in [2.24, 2.45) is 11.8 Å². The number of anilines is 1. The van der Waals surface area contributed by atoms with Gasteiger partial charge in [0.2, 0.25) is 10.0 Å². The topological polar surface area (TPSA) is 84.4 Å². The third-order valence-corrected chi connectivity index (χ3v) is 7.55. The zero-order chi connectivity index (χ0) is 16.7. The summed E-state index contributed by atoms with van der Waals surface area (Å²) in [5.74, 6) is 1.76. The number of nitrogens with one attached hydrogen (secondary N) is 1. The van der Waals surface area contributed by atoms with Crippen LogP contribution in [0.25, 0.3) is 0 Å². The Morgan fingerprint density at radius 2 is 2.04 bits per heavy atom. The molecule has 2 aliphatic carbocycles. The molecule has 8 heteroatoms. The van der Waals surface area contributed by atoms with Gasteiger partial charge in [-0.15, -0.1) is 0 Å². The Hall–Kier alpha value is -1.25. The summed E-state index contributed by atoms with van der Waals surface area (Å²) in [6, 6.07) is 2.00. The minimum atomic E-state index is -3.11. The molecule has 1 aliphatic heterocycles. The molecule has 1 saturated heterocycles. The van der Waals surface area contributed by atoms with Crippen molar-refractivity contribution in [1.82, 2.24) is 14.3 Å². The van der Waals surface area contributed by atoms with E-state index in [1.807, 2.05) is 6.07 Å². The second-order valence-electron chi connectivity index (χ2n) is 7.14. The van der Waals surface area contributed by atoms with Gasteiger partial charge in [-0.2, -0.15) is 4.31 Å². The Bertz CT molecular complexity index is 703. The van der Waals surface area contributed by atoms with E-state index in [1.54, 1.807) is 11.4 Å². The molecule has 132 valence electrons. The van der Waals surface area contributed by atoms with E-state index in [-0.39, 0.29) is 11.3 Å². The van der Waals surface area contributed by atoms with Gasteiger partial charge in [0.05, 0.1) is 17.6 Å². The monoisotopic (exact) mass is 352 g/mol. The molecule has 0 bridgehead atoms. The van der Waals surface area contributed by atoms with Crippen LogP contribution in [0.3, 0.4) is 0 Å². The lowest BCUT2D eigenvalue weighted by atomic mass is 9.98. The fourth-order valence-electron chi connectivity index (χ4n) is 3.62. The van der Waals surface area contributed by atoms with E-state index in [1.165, 1.54) is 19.2 Å². The normalized spacial score (nSPS) is 28.2. The summed E-state index contributed by atoms with van der Waals surface area (Å²) in [5.41, 5.74) is 0.818. The highest BCUT2D eigenvalue weighted by molar-refractivity contribution is 7.90. The second-order valence-corrected chi connectivity index (χ2v) is 9.35. The number of hydrogen-bond acceptors (Lipinski definition) is 6. The molecule has 1 aromatic heterocycles. The van der Waals surface area contributed by atoms with Gasteiger partial charge in [-0.25, -0.2) is 18.4 Å². The van der Waals surface area contributed by atoms with Gasteiger partial charge in [0.1, 0.15) is 12.1 Å². The van der Waals surface area contributed by atoms with Crippen LogP contribution in [-0.2, 0) is 21.4 Å². The van der Waals surface area contributed by atoms with Gasteiger partial charge in [0, 0.05) is 32.3 Å². The van der Waals surface area contributed by atoms with E-state index in [4.69, 9.17) is 4.74 Å². The molecule has 0 unspecified atom stereocenters. The van der Waals surface area contributed by atoms with E-state index in [9.17, 15) is 8.42 Å². The van der Waals surface area contributed by atoms with Crippen LogP contribution in [0.2, 0.25) is 0 Å². The number of sulfonamides is 1. The molecule has 0 radical (unpaired) electrons. The third-order valence-electron chi connectivity index (χ3n) is 5.21. The van der Waals surface area contributed by atoms with Crippen molar-refractivity contribution in [3.63, 3.8) is 0 Å². The predicted octanol–water partition coefficient (Wildman–Crippen LogP) is 1.24. The molecule has 0 aromatic carbocycles. The average Bonchev–Trinajstić information content (AvgIpc) is 3.45. The van der Waals surface area contributed by atoms with Crippen LogP contribution in [0.1, 0.15) is 31.4 Å². The van der Waals surface area contributed by atoms with Gasteiger partial charge >= 0.3 is 0 Å². The summed E-state index contributed by atoms with van der Waals surface area (Å²) in [6.45, 7) is 1.64. The Labute approximate surface area is 142 Å². The maximum atomic E-state index is 12.6. The molecule has 0 spiro atoms. The Balaban J connectivity index is 1.49. The maximum absolute atomic E-state index is 12.6. The second kappa shape index (κ2) is 6.24. The number of aromatic nitrogens is 2. The quantitative estimate of drug-likeness (QED) is 0.795. The summed E-state index contributed by atoms with van der Waals surface area (Å²) >= 11 is 0. The van der Waals surface area contributed by atoms with E-state index in [0.29, 0.717) is 31.5 Å². The van der Waals surface area contributed by atoms with E-state index in [2.05, 4.69) is 15.3 Å². The van der Waals surface area contributed by atoms with Crippen molar-refractivity contribution in [3.05, 3.63) is 18.1 Å². The smallest absolute Gasteiger partial charge is 0.217 e. The van der Waals surface area contributed by atoms with Gasteiger partial charge in [0.15, 0.2) is 0 Å². The summed E-state index contributed by atoms with van der Waals surface area (Å²) in [6.07, 6.45) is 5.57. The lowest BCUT2D eigenvalue weighted by Crippen LogP contribution is -2.34. The van der Waals surface area contributed by atoms with Crippen LogP contribution in [-0.4, -0.2) is 54.2 Å². The van der Waals surface area contributed by atoms with Crippen molar-refractivity contribution in [1.29, 1.82) is 0 Å². The largest absolute Gasteiger partial charge is 0.378 e. The van der Waals surface area contributed by atoms with Crippen LogP contribution in [0.4, 0.5) is 5.82 Å². The highest BCUT2D eigenvalue weighted by atomic mass is 32.2. The molecule has 3 fully saturated rings. The van der Waals surface area contributed by atoms with Gasteiger partial charge < -0.3 is 10.1 Å². The fourth-order valence-corrected chi connectivity index (χ4v) is 5.53. The van der Waals surface area contributed by atoms with Crippen molar-refractivity contribution < 1.29 is 13.2 Å². The molecule has 24 heavy (non-hydrogen) atoms. The molecule has 1 N–H and O–H groups in total. The zero-order valence-electron chi connectivity index (χ0n) is 13.9. The molecule has 2 saturated carbocycles. The van der Waals surface area contributed by atoms with Gasteiger partial charge in [0.25, 0.3) is 0 Å². The molecule has 2 heterocycles. The first-order valence-corrected chi connectivity index (χ1v) is 10.1. The van der Waals surface area contributed by atoms with E-state index in [0.717, 1.165) is 24.4 Å². The first kappa shape index (κ1) is 16.2. The van der Waals surface area contributed by atoms with Gasteiger partial charge in [-0.3, -0.25) is 0 Å². The van der Waals surface area contributed by atoms with Gasteiger partial charge in [-0.05, 0) is 37.5 Å². The van der Waals surface area contributed by atoms with Crippen molar-refractivity contribution >= 4 is 15.8 Å². The SMILES string of the molecule is COCc1cc(N[C@H]2CN(S(=O)(=O)C3CC3)C[C@@H]2C2CC2)ncn1. The number of ether oxygens (including phenoxy) is 1. The first-order chi connectivity index (χ1) is 11.6. The minimum Gasteiger partial charge on any atom is -0.378 e. The van der Waals surface area contributed by atoms with Crippen molar-refractivity contribution in [2.75, 3.05) is 25.5 Å². The summed E-state index contributed by atoms with van der Waals surface area (Å²) in [7, 11) is -1.47. The van der Waals surface area contributed by atoms with Crippen LogP contribution >= 0.6 is 0 Å². The fraction of sp³-hybridized carbons (Fsp3) is 0.750. The number of hydrogen-bond donors (Lipinski definition) is 1. The first-order valence-electron chi connectivity index (χ1n) is 8.63. The highest BCUT2D eigenvalue weighted by Crippen LogP contribution is 2.44. The standard InChI is InChI=1S/C16H24N4O3S/c1-23-9-12-6-16(18-10-17-12)19-15-8-20(7-14(15)11-2-3-11)24(21,22)13-4-5-13/h6,10-11,13-15H,2-5,7-9H2,1H3,(H,17,18,19)/t14-,15+/m1/s1. The van der Waals surface area contributed by atoms with E-state index < -0.39 is 10.0 Å². The number of methoxy groups -OCH3 is 1.